The Kier molecular flexibility index (Phi) is 4.94. The molecule has 0 radical (unpaired) electrons. The lowest BCUT2D eigenvalue weighted by Crippen LogP contribution is -2.28. The Hall–Kier alpha value is -3.35. The van der Waals surface area contributed by atoms with Crippen LogP contribution in [-0.2, 0) is 6.54 Å². The van der Waals surface area contributed by atoms with E-state index < -0.39 is 0 Å². The minimum Gasteiger partial charge on any atom is -0.497 e. The summed E-state index contributed by atoms with van der Waals surface area (Å²) in [6.45, 7) is 2.13. The number of aromatic nitrogens is 2. The Balaban J connectivity index is 1.55. The maximum atomic E-state index is 11.9. The molecular formula is C18H18N4O3. The molecule has 0 aliphatic rings. The number of nitrogens with one attached hydrogen (secondary N) is 2. The van der Waals surface area contributed by atoms with Gasteiger partial charge in [-0.1, -0.05) is 22.9 Å². The van der Waals surface area contributed by atoms with Gasteiger partial charge in [0.1, 0.15) is 5.75 Å². The van der Waals surface area contributed by atoms with E-state index >= 15 is 0 Å². The molecule has 0 fully saturated rings. The van der Waals surface area contributed by atoms with Crippen LogP contribution in [0.5, 0.6) is 5.75 Å². The Morgan fingerprint density at radius 1 is 1.12 bits per heavy atom. The molecule has 2 aromatic carbocycles. The number of urea groups is 1. The van der Waals surface area contributed by atoms with Gasteiger partial charge in [-0.25, -0.2) is 4.79 Å². The van der Waals surface area contributed by atoms with E-state index in [1.165, 1.54) is 0 Å². The lowest BCUT2D eigenvalue weighted by Gasteiger charge is -2.05. The standard InChI is InChI=1S/C18H18N4O3/c1-12-3-7-14(8-4-12)20-18(23)19-11-16-21-17(22-25-16)13-5-9-15(24-2)10-6-13/h3-10H,11H2,1-2H3,(H2,19,20,23). The molecule has 128 valence electrons. The first-order valence-electron chi connectivity index (χ1n) is 7.72. The third-order valence-electron chi connectivity index (χ3n) is 3.53. The molecule has 1 aromatic heterocycles. The van der Waals surface area contributed by atoms with Crippen LogP contribution in [0.1, 0.15) is 11.5 Å². The minimum absolute atomic E-state index is 0.140. The molecule has 0 atom stereocenters. The van der Waals surface area contributed by atoms with Crippen molar-refractivity contribution in [2.45, 2.75) is 13.5 Å². The zero-order valence-corrected chi connectivity index (χ0v) is 13.9. The number of nitrogens with zero attached hydrogens (tertiary/aromatic N) is 2. The van der Waals surface area contributed by atoms with Gasteiger partial charge in [-0.2, -0.15) is 4.98 Å². The van der Waals surface area contributed by atoms with Gasteiger partial charge < -0.3 is 19.9 Å². The lowest BCUT2D eigenvalue weighted by molar-refractivity contribution is 0.249. The highest BCUT2D eigenvalue weighted by molar-refractivity contribution is 5.89. The van der Waals surface area contributed by atoms with Gasteiger partial charge >= 0.3 is 6.03 Å². The van der Waals surface area contributed by atoms with Gasteiger partial charge in [0.2, 0.25) is 11.7 Å². The van der Waals surface area contributed by atoms with E-state index in [9.17, 15) is 4.79 Å². The van der Waals surface area contributed by atoms with E-state index in [-0.39, 0.29) is 12.6 Å². The number of carbonyl (C=O) groups excluding carboxylic acids is 1. The van der Waals surface area contributed by atoms with Gasteiger partial charge in [0.15, 0.2) is 0 Å². The summed E-state index contributed by atoms with van der Waals surface area (Å²) in [5.74, 6) is 1.53. The quantitative estimate of drug-likeness (QED) is 0.744. The van der Waals surface area contributed by atoms with Crippen LogP contribution in [0.25, 0.3) is 11.4 Å². The fourth-order valence-electron chi connectivity index (χ4n) is 2.15. The van der Waals surface area contributed by atoms with Gasteiger partial charge in [0, 0.05) is 11.3 Å². The molecule has 0 aliphatic heterocycles. The molecule has 0 aliphatic carbocycles. The molecule has 7 heteroatoms. The highest BCUT2D eigenvalue weighted by atomic mass is 16.5. The van der Waals surface area contributed by atoms with E-state index in [1.54, 1.807) is 7.11 Å². The highest BCUT2D eigenvalue weighted by Gasteiger charge is 2.10. The normalized spacial score (nSPS) is 10.3. The van der Waals surface area contributed by atoms with Crippen molar-refractivity contribution in [3.8, 4) is 17.1 Å². The largest absolute Gasteiger partial charge is 0.497 e. The maximum absolute atomic E-state index is 11.9. The number of benzene rings is 2. The van der Waals surface area contributed by atoms with Crippen molar-refractivity contribution >= 4 is 11.7 Å². The topological polar surface area (TPSA) is 89.3 Å². The Bertz CT molecular complexity index is 842. The van der Waals surface area contributed by atoms with Crippen molar-refractivity contribution in [1.29, 1.82) is 0 Å². The summed E-state index contributed by atoms with van der Waals surface area (Å²) >= 11 is 0. The number of carbonyl (C=O) groups is 1. The third kappa shape index (κ3) is 4.35. The van der Waals surface area contributed by atoms with E-state index in [0.717, 1.165) is 16.9 Å². The van der Waals surface area contributed by atoms with Crippen LogP contribution in [0, 0.1) is 6.92 Å². The predicted molar refractivity (Wildman–Crippen MR) is 93.3 cm³/mol. The second kappa shape index (κ2) is 7.48. The second-order valence-electron chi connectivity index (χ2n) is 5.41. The van der Waals surface area contributed by atoms with E-state index in [1.807, 2.05) is 55.5 Å². The fraction of sp³-hybridized carbons (Fsp3) is 0.167. The predicted octanol–water partition coefficient (Wildman–Crippen LogP) is 3.38. The average molecular weight is 338 g/mol. The van der Waals surface area contributed by atoms with Crippen LogP contribution in [0.4, 0.5) is 10.5 Å². The smallest absolute Gasteiger partial charge is 0.319 e. The zero-order valence-electron chi connectivity index (χ0n) is 13.9. The number of anilines is 1. The van der Waals surface area contributed by atoms with Crippen LogP contribution in [0.3, 0.4) is 0 Å². The van der Waals surface area contributed by atoms with Crippen LogP contribution >= 0.6 is 0 Å². The lowest BCUT2D eigenvalue weighted by atomic mass is 10.2. The number of ether oxygens (including phenoxy) is 1. The first kappa shape index (κ1) is 16.5. The van der Waals surface area contributed by atoms with Crippen LogP contribution < -0.4 is 15.4 Å². The number of amides is 2. The fourth-order valence-corrected chi connectivity index (χ4v) is 2.15. The molecule has 0 bridgehead atoms. The number of aryl methyl sites for hydroxylation is 1. The molecule has 0 unspecified atom stereocenters. The molecule has 3 aromatic rings. The first-order valence-corrected chi connectivity index (χ1v) is 7.72. The summed E-state index contributed by atoms with van der Waals surface area (Å²) in [7, 11) is 1.61. The van der Waals surface area contributed by atoms with Crippen LogP contribution in [0.2, 0.25) is 0 Å². The first-order chi connectivity index (χ1) is 12.1. The molecule has 3 rings (SSSR count). The highest BCUT2D eigenvalue weighted by Crippen LogP contribution is 2.19. The van der Waals surface area contributed by atoms with Crippen molar-refractivity contribution in [2.24, 2.45) is 0 Å². The summed E-state index contributed by atoms with van der Waals surface area (Å²) in [4.78, 5) is 16.2. The molecule has 2 amide bonds. The van der Waals surface area contributed by atoms with Crippen LogP contribution in [-0.4, -0.2) is 23.3 Å². The summed E-state index contributed by atoms with van der Waals surface area (Å²) < 4.78 is 10.3. The van der Waals surface area contributed by atoms with Crippen molar-refractivity contribution in [3.05, 3.63) is 60.0 Å². The zero-order chi connectivity index (χ0) is 17.6. The molecule has 1 heterocycles. The summed E-state index contributed by atoms with van der Waals surface area (Å²) in [6.07, 6.45) is 0. The number of methoxy groups -OCH3 is 1. The molecule has 0 saturated carbocycles. The molecule has 7 nitrogen and oxygen atoms in total. The summed E-state index contributed by atoms with van der Waals surface area (Å²) in [5.41, 5.74) is 2.65. The number of hydrogen-bond acceptors (Lipinski definition) is 5. The van der Waals surface area contributed by atoms with Gasteiger partial charge in [0.05, 0.1) is 13.7 Å². The molecule has 0 saturated heterocycles. The minimum atomic E-state index is -0.340. The Labute approximate surface area is 145 Å². The summed E-state index contributed by atoms with van der Waals surface area (Å²) in [5, 5.41) is 9.33. The van der Waals surface area contributed by atoms with Gasteiger partial charge in [-0.05, 0) is 43.3 Å². The van der Waals surface area contributed by atoms with Crippen molar-refractivity contribution in [2.75, 3.05) is 12.4 Å². The van der Waals surface area contributed by atoms with Crippen molar-refractivity contribution < 1.29 is 14.1 Å². The summed E-state index contributed by atoms with van der Waals surface area (Å²) in [6, 6.07) is 14.5. The van der Waals surface area contributed by atoms with E-state index in [2.05, 4.69) is 20.8 Å². The Morgan fingerprint density at radius 2 is 1.84 bits per heavy atom. The van der Waals surface area contributed by atoms with E-state index in [4.69, 9.17) is 9.26 Å². The molecule has 2 N–H and O–H groups in total. The Morgan fingerprint density at radius 3 is 2.52 bits per heavy atom. The molecule has 0 spiro atoms. The van der Waals surface area contributed by atoms with Crippen LogP contribution in [0.15, 0.2) is 53.1 Å². The van der Waals surface area contributed by atoms with Crippen molar-refractivity contribution in [3.63, 3.8) is 0 Å². The monoisotopic (exact) mass is 338 g/mol. The third-order valence-corrected chi connectivity index (χ3v) is 3.53. The van der Waals surface area contributed by atoms with Gasteiger partial charge in [-0.15, -0.1) is 0 Å². The maximum Gasteiger partial charge on any atom is 0.319 e. The van der Waals surface area contributed by atoms with Crippen molar-refractivity contribution in [1.82, 2.24) is 15.5 Å². The van der Waals surface area contributed by atoms with Gasteiger partial charge in [-0.3, -0.25) is 0 Å². The second-order valence-corrected chi connectivity index (χ2v) is 5.41. The average Bonchev–Trinajstić information content (AvgIpc) is 3.11. The van der Waals surface area contributed by atoms with E-state index in [0.29, 0.717) is 17.4 Å². The SMILES string of the molecule is COc1ccc(-c2noc(CNC(=O)Nc3ccc(C)cc3)n2)cc1. The number of rotatable bonds is 5. The van der Waals surface area contributed by atoms with Gasteiger partial charge in [0.25, 0.3) is 0 Å². The molecule has 25 heavy (non-hydrogen) atoms. The molecular weight excluding hydrogens is 320 g/mol. The number of hydrogen-bond donors (Lipinski definition) is 2.